The molecule has 0 aromatic heterocycles. The standard InChI is InChI=1S/C31H19ClF9N3O2/c32-25-16-18(6-15-24(25)30(36,37)38)26-28(19-4-2-1-3-5-19,20-9-13-23(14-10-20)46-31(39,40)41)17-44(43-26)27(45)42-22-11-7-21(8-12-22)29(33,34)35/h1-16H,17H2,(H,42,45). The lowest BCUT2D eigenvalue weighted by Crippen LogP contribution is -2.42. The van der Waals surface area contributed by atoms with Gasteiger partial charge in [0.2, 0.25) is 0 Å². The van der Waals surface area contributed by atoms with Gasteiger partial charge in [-0.05, 0) is 59.7 Å². The maximum absolute atomic E-state index is 13.5. The molecule has 0 saturated heterocycles. The number of hydrazone groups is 1. The van der Waals surface area contributed by atoms with Crippen LogP contribution in [0, 0.1) is 0 Å². The van der Waals surface area contributed by atoms with E-state index in [1.54, 1.807) is 30.3 Å². The fourth-order valence-corrected chi connectivity index (χ4v) is 5.36. The van der Waals surface area contributed by atoms with Gasteiger partial charge in [-0.15, -0.1) is 13.2 Å². The van der Waals surface area contributed by atoms with Crippen LogP contribution in [-0.4, -0.2) is 29.7 Å². The lowest BCUT2D eigenvalue weighted by Gasteiger charge is -2.32. The van der Waals surface area contributed by atoms with Crippen molar-refractivity contribution in [1.29, 1.82) is 0 Å². The zero-order chi connectivity index (χ0) is 33.5. The van der Waals surface area contributed by atoms with Gasteiger partial charge in [0.1, 0.15) is 5.75 Å². The Morgan fingerprint density at radius 3 is 1.93 bits per heavy atom. The first-order valence-electron chi connectivity index (χ1n) is 13.1. The zero-order valence-electron chi connectivity index (χ0n) is 22.9. The number of rotatable bonds is 5. The normalized spacial score (nSPS) is 17.1. The fourth-order valence-electron chi connectivity index (χ4n) is 5.07. The number of urea groups is 1. The third-order valence-electron chi connectivity index (χ3n) is 7.11. The SMILES string of the molecule is O=C(Nc1ccc(C(F)(F)F)cc1)N1CC(c2ccccc2)(c2ccc(OC(F)(F)F)cc2)C(c2ccc(C(F)(F)F)c(Cl)c2)=N1. The van der Waals surface area contributed by atoms with E-state index in [4.69, 9.17) is 11.6 Å². The van der Waals surface area contributed by atoms with E-state index in [9.17, 15) is 44.3 Å². The molecular weight excluding hydrogens is 653 g/mol. The van der Waals surface area contributed by atoms with E-state index in [2.05, 4.69) is 15.2 Å². The summed E-state index contributed by atoms with van der Waals surface area (Å²) in [5.74, 6) is -0.551. The molecule has 1 aliphatic rings. The topological polar surface area (TPSA) is 53.9 Å². The van der Waals surface area contributed by atoms with Crippen molar-refractivity contribution in [2.24, 2.45) is 5.10 Å². The molecule has 1 aliphatic heterocycles. The number of nitrogens with one attached hydrogen (secondary N) is 1. The van der Waals surface area contributed by atoms with Gasteiger partial charge in [0, 0.05) is 11.3 Å². The minimum atomic E-state index is -4.98. The average Bonchev–Trinajstić information content (AvgIpc) is 3.38. The Hall–Kier alpha value is -4.72. The smallest absolute Gasteiger partial charge is 0.406 e. The average molecular weight is 672 g/mol. The molecule has 0 radical (unpaired) electrons. The lowest BCUT2D eigenvalue weighted by atomic mass is 9.69. The van der Waals surface area contributed by atoms with Crippen LogP contribution in [0.5, 0.6) is 5.75 Å². The number of hydrogen-bond donors (Lipinski definition) is 1. The Morgan fingerprint density at radius 1 is 0.783 bits per heavy atom. The predicted molar refractivity (Wildman–Crippen MR) is 151 cm³/mol. The summed E-state index contributed by atoms with van der Waals surface area (Å²) in [6.45, 7) is -0.322. The summed E-state index contributed by atoms with van der Waals surface area (Å²) in [4.78, 5) is 13.5. The van der Waals surface area contributed by atoms with Gasteiger partial charge in [0.15, 0.2) is 0 Å². The third kappa shape index (κ3) is 6.76. The lowest BCUT2D eigenvalue weighted by molar-refractivity contribution is -0.274. The van der Waals surface area contributed by atoms with Crippen LogP contribution in [-0.2, 0) is 17.8 Å². The highest BCUT2D eigenvalue weighted by Crippen LogP contribution is 2.44. The van der Waals surface area contributed by atoms with Gasteiger partial charge < -0.3 is 10.1 Å². The number of hydrogen-bond acceptors (Lipinski definition) is 3. The Labute approximate surface area is 259 Å². The maximum Gasteiger partial charge on any atom is 0.573 e. The number of carbonyl (C=O) groups is 1. The molecule has 4 aromatic rings. The molecular formula is C31H19ClF9N3O2. The van der Waals surface area contributed by atoms with E-state index in [1.165, 1.54) is 12.1 Å². The van der Waals surface area contributed by atoms with Crippen molar-refractivity contribution >= 4 is 29.0 Å². The molecule has 1 heterocycles. The molecule has 0 bridgehead atoms. The molecule has 1 atom stereocenters. The highest BCUT2D eigenvalue weighted by atomic mass is 35.5. The van der Waals surface area contributed by atoms with Crippen molar-refractivity contribution < 1.29 is 49.0 Å². The Kier molecular flexibility index (Phi) is 8.45. The minimum Gasteiger partial charge on any atom is -0.406 e. The maximum atomic E-state index is 13.5. The molecule has 2 amide bonds. The van der Waals surface area contributed by atoms with Crippen LogP contribution in [0.2, 0.25) is 5.02 Å². The number of ether oxygens (including phenoxy) is 1. The van der Waals surface area contributed by atoms with E-state index < -0.39 is 52.1 Å². The minimum absolute atomic E-state index is 0.0152. The first kappa shape index (κ1) is 32.7. The molecule has 1 N–H and O–H groups in total. The van der Waals surface area contributed by atoms with Crippen molar-refractivity contribution in [3.05, 3.63) is 130 Å². The summed E-state index contributed by atoms with van der Waals surface area (Å²) in [6.07, 6.45) is -14.4. The summed E-state index contributed by atoms with van der Waals surface area (Å²) in [7, 11) is 0. The number of carbonyl (C=O) groups excluding carboxylic acids is 1. The number of alkyl halides is 9. The molecule has 0 fully saturated rings. The van der Waals surface area contributed by atoms with Crippen LogP contribution in [0.15, 0.2) is 102 Å². The van der Waals surface area contributed by atoms with Gasteiger partial charge in [0.25, 0.3) is 0 Å². The van der Waals surface area contributed by atoms with Crippen molar-refractivity contribution in [3.8, 4) is 5.75 Å². The zero-order valence-corrected chi connectivity index (χ0v) is 23.7. The molecule has 1 unspecified atom stereocenters. The van der Waals surface area contributed by atoms with Crippen LogP contribution < -0.4 is 10.1 Å². The predicted octanol–water partition coefficient (Wildman–Crippen LogP) is 9.51. The van der Waals surface area contributed by atoms with Gasteiger partial charge in [-0.1, -0.05) is 60.1 Å². The molecule has 0 aliphatic carbocycles. The summed E-state index contributed by atoms with van der Waals surface area (Å²) in [6, 6.07) is 18.4. The summed E-state index contributed by atoms with van der Waals surface area (Å²) < 4.78 is 122. The van der Waals surface area contributed by atoms with Crippen LogP contribution in [0.1, 0.15) is 27.8 Å². The molecule has 0 spiro atoms. The monoisotopic (exact) mass is 671 g/mol. The Morgan fingerprint density at radius 2 is 1.39 bits per heavy atom. The number of benzene rings is 4. The number of nitrogens with zero attached hydrogens (tertiary/aromatic N) is 2. The van der Waals surface area contributed by atoms with Crippen molar-refractivity contribution in [2.75, 3.05) is 11.9 Å². The van der Waals surface area contributed by atoms with Crippen molar-refractivity contribution in [1.82, 2.24) is 5.01 Å². The Balaban J connectivity index is 1.63. The fraction of sp³-hybridized carbons (Fsp3) is 0.161. The van der Waals surface area contributed by atoms with E-state index in [0.29, 0.717) is 5.56 Å². The summed E-state index contributed by atoms with van der Waals surface area (Å²) >= 11 is 6.04. The highest BCUT2D eigenvalue weighted by Gasteiger charge is 2.48. The van der Waals surface area contributed by atoms with Crippen LogP contribution >= 0.6 is 11.6 Å². The van der Waals surface area contributed by atoms with Gasteiger partial charge >= 0.3 is 24.7 Å². The van der Waals surface area contributed by atoms with E-state index in [-0.39, 0.29) is 29.1 Å². The third-order valence-corrected chi connectivity index (χ3v) is 7.42. The summed E-state index contributed by atoms with van der Waals surface area (Å²) in [5, 5.41) is 7.13. The largest absolute Gasteiger partial charge is 0.573 e. The van der Waals surface area contributed by atoms with Crippen LogP contribution in [0.3, 0.4) is 0 Å². The summed E-state index contributed by atoms with van der Waals surface area (Å²) in [5.41, 5.74) is -2.77. The quantitative estimate of drug-likeness (QED) is 0.215. The molecule has 5 nitrogen and oxygen atoms in total. The molecule has 0 saturated carbocycles. The first-order valence-corrected chi connectivity index (χ1v) is 13.5. The van der Waals surface area contributed by atoms with Crippen molar-refractivity contribution in [2.45, 2.75) is 24.1 Å². The van der Waals surface area contributed by atoms with Crippen molar-refractivity contribution in [3.63, 3.8) is 0 Å². The highest BCUT2D eigenvalue weighted by molar-refractivity contribution is 6.32. The Bertz CT molecular complexity index is 1760. The second-order valence-corrected chi connectivity index (χ2v) is 10.5. The van der Waals surface area contributed by atoms with Gasteiger partial charge in [0.05, 0.1) is 33.8 Å². The van der Waals surface area contributed by atoms with Gasteiger partial charge in [-0.3, -0.25) is 0 Å². The van der Waals surface area contributed by atoms with Gasteiger partial charge in [-0.25, -0.2) is 9.80 Å². The molecule has 15 heteroatoms. The number of amides is 2. The molecule has 240 valence electrons. The molecule has 4 aromatic carbocycles. The van der Waals surface area contributed by atoms with Crippen LogP contribution in [0.25, 0.3) is 0 Å². The van der Waals surface area contributed by atoms with Gasteiger partial charge in [-0.2, -0.15) is 31.4 Å². The second kappa shape index (κ2) is 11.9. The van der Waals surface area contributed by atoms with Crippen LogP contribution in [0.4, 0.5) is 50.0 Å². The van der Waals surface area contributed by atoms with E-state index >= 15 is 0 Å². The molecule has 5 rings (SSSR count). The first-order chi connectivity index (χ1) is 21.5. The van der Waals surface area contributed by atoms with E-state index in [0.717, 1.165) is 59.6 Å². The van der Waals surface area contributed by atoms with E-state index in [1.807, 2.05) is 0 Å². The number of anilines is 1. The second-order valence-electron chi connectivity index (χ2n) is 10.0. The molecule has 46 heavy (non-hydrogen) atoms. The number of halogens is 10.